The van der Waals surface area contributed by atoms with Crippen LogP contribution < -0.4 is 0 Å². The lowest BCUT2D eigenvalue weighted by Gasteiger charge is -2.60. The highest BCUT2D eigenvalue weighted by Crippen LogP contribution is 2.61. The van der Waals surface area contributed by atoms with Crippen molar-refractivity contribution in [2.24, 2.45) is 0 Å². The van der Waals surface area contributed by atoms with E-state index in [9.17, 15) is 0 Å². The van der Waals surface area contributed by atoms with Gasteiger partial charge < -0.3 is 4.12 Å². The summed E-state index contributed by atoms with van der Waals surface area (Å²) in [4.78, 5) is 0. The molecule has 164 valence electrons. The van der Waals surface area contributed by atoms with Gasteiger partial charge in [-0.1, -0.05) is 83.1 Å². The maximum absolute atomic E-state index is 7.87. The average Bonchev–Trinajstić information content (AvgIpc) is 2.45. The summed E-state index contributed by atoms with van der Waals surface area (Å²) in [6.45, 7) is 28.9. The van der Waals surface area contributed by atoms with E-state index in [1.165, 1.54) is 0 Å². The summed E-state index contributed by atoms with van der Waals surface area (Å²) in [7, 11) is -4.33. The minimum atomic E-state index is -2.16. The van der Waals surface area contributed by atoms with Crippen molar-refractivity contribution in [3.63, 3.8) is 0 Å². The van der Waals surface area contributed by atoms with Crippen LogP contribution in [0.3, 0.4) is 0 Å². The largest absolute Gasteiger partial charge is 0.453 e. The van der Waals surface area contributed by atoms with Crippen molar-refractivity contribution in [1.29, 1.82) is 0 Å². The van der Waals surface area contributed by atoms with Crippen molar-refractivity contribution in [3.8, 4) is 0 Å². The summed E-state index contributed by atoms with van der Waals surface area (Å²) in [5.74, 6) is 1.40. The van der Waals surface area contributed by atoms with Crippen LogP contribution in [0.4, 0.5) is 0 Å². The van der Waals surface area contributed by atoms with Crippen LogP contribution in [0.15, 0.2) is 0 Å². The maximum Gasteiger partial charge on any atom is 0.190 e. The number of rotatable bonds is 12. The van der Waals surface area contributed by atoms with Gasteiger partial charge in [-0.25, -0.2) is 0 Å². The fourth-order valence-electron chi connectivity index (χ4n) is 6.35. The molecule has 0 aliphatic rings. The van der Waals surface area contributed by atoms with Gasteiger partial charge in [-0.2, -0.15) is 0 Å². The molecule has 0 aromatic heterocycles. The molecule has 0 aromatic rings. The lowest BCUT2D eigenvalue weighted by molar-refractivity contribution is 0.358. The van der Waals surface area contributed by atoms with Crippen LogP contribution in [0, 0.1) is 0 Å². The van der Waals surface area contributed by atoms with Crippen molar-refractivity contribution in [2.45, 2.75) is 128 Å². The van der Waals surface area contributed by atoms with E-state index in [0.717, 1.165) is 12.8 Å². The summed E-state index contributed by atoms with van der Waals surface area (Å²) in [6, 6.07) is 0. The zero-order valence-corrected chi connectivity index (χ0v) is 23.8. The first-order valence-electron chi connectivity index (χ1n) is 10.9. The Labute approximate surface area is 183 Å². The Hall–Kier alpha value is 0.974. The fraction of sp³-hybridized carbons (Fsp3) is 1.00. The summed E-state index contributed by atoms with van der Waals surface area (Å²) < 4.78 is 7.87. The van der Waals surface area contributed by atoms with Crippen molar-refractivity contribution in [2.75, 3.05) is 11.8 Å². The minimum Gasteiger partial charge on any atom is -0.453 e. The second kappa shape index (κ2) is 10.3. The molecule has 0 saturated heterocycles. The van der Waals surface area contributed by atoms with E-state index in [-0.39, 0.29) is 10.1 Å². The molecule has 0 fully saturated rings. The number of hydrogen-bond acceptors (Lipinski definition) is 1. The zero-order chi connectivity index (χ0) is 21.8. The Morgan fingerprint density at radius 2 is 0.815 bits per heavy atom. The topological polar surface area (TPSA) is 9.23 Å². The van der Waals surface area contributed by atoms with E-state index >= 15 is 0 Å². The third-order valence-electron chi connectivity index (χ3n) is 7.32. The summed E-state index contributed by atoms with van der Waals surface area (Å²) in [5.41, 5.74) is 2.19. The van der Waals surface area contributed by atoms with E-state index in [0.29, 0.717) is 33.9 Å². The molecule has 0 spiro atoms. The standard InChI is InChI=1S/C22H48Cl2OSi2/c1-17(2)26(18(3)4,21(9,10)13-15-23)25-27(19(5)6,20(7)8)22(11,12)14-16-24/h17-20H,13-16H2,1-12H3. The van der Waals surface area contributed by atoms with E-state index in [4.69, 9.17) is 27.3 Å². The lowest BCUT2D eigenvalue weighted by atomic mass is 10.1. The van der Waals surface area contributed by atoms with Gasteiger partial charge >= 0.3 is 0 Å². The van der Waals surface area contributed by atoms with E-state index in [1.807, 2.05) is 0 Å². The molecule has 5 heteroatoms. The number of alkyl halides is 2. The first-order chi connectivity index (χ1) is 12.1. The van der Waals surface area contributed by atoms with Gasteiger partial charge in [0.2, 0.25) is 0 Å². The predicted octanol–water partition coefficient (Wildman–Crippen LogP) is 9.35. The molecule has 1 nitrogen and oxygen atoms in total. The normalized spacial score (nSPS) is 14.9. The first kappa shape index (κ1) is 28.0. The van der Waals surface area contributed by atoms with Gasteiger partial charge in [0.15, 0.2) is 16.6 Å². The third kappa shape index (κ3) is 5.18. The molecule has 0 atom stereocenters. The summed E-state index contributed by atoms with van der Waals surface area (Å²) >= 11 is 12.6. The smallest absolute Gasteiger partial charge is 0.190 e. The average molecular weight is 456 g/mol. The van der Waals surface area contributed by atoms with Gasteiger partial charge in [0.1, 0.15) is 0 Å². The SMILES string of the molecule is CC(C)[Si](O[Si](C(C)C)(C(C)C)C(C)(C)CCCl)(C(C)C)C(C)(C)CCCl. The van der Waals surface area contributed by atoms with Crippen LogP contribution in [0.25, 0.3) is 0 Å². The van der Waals surface area contributed by atoms with E-state index < -0.39 is 16.6 Å². The molecular weight excluding hydrogens is 407 g/mol. The molecule has 0 heterocycles. The molecule has 0 bridgehead atoms. The van der Waals surface area contributed by atoms with Crippen LogP contribution >= 0.6 is 23.2 Å². The maximum atomic E-state index is 7.87. The second-order valence-electron chi connectivity index (χ2n) is 11.0. The Kier molecular flexibility index (Phi) is 10.7. The molecule has 0 radical (unpaired) electrons. The molecule has 0 unspecified atom stereocenters. The van der Waals surface area contributed by atoms with Crippen LogP contribution in [-0.2, 0) is 4.12 Å². The number of halogens is 2. The Morgan fingerprint density at radius 1 is 0.593 bits per heavy atom. The molecule has 0 amide bonds. The van der Waals surface area contributed by atoms with Gasteiger partial charge in [-0.3, -0.25) is 0 Å². The Bertz CT molecular complexity index is 390. The van der Waals surface area contributed by atoms with Crippen molar-refractivity contribution >= 4 is 39.8 Å². The van der Waals surface area contributed by atoms with Gasteiger partial charge in [-0.05, 0) is 45.1 Å². The monoisotopic (exact) mass is 454 g/mol. The molecule has 0 aliphatic heterocycles. The van der Waals surface area contributed by atoms with Crippen molar-refractivity contribution < 1.29 is 4.12 Å². The van der Waals surface area contributed by atoms with Crippen molar-refractivity contribution in [3.05, 3.63) is 0 Å². The molecule has 0 saturated carbocycles. The number of hydrogen-bond donors (Lipinski definition) is 0. The Balaban J connectivity index is 6.81. The fourth-order valence-corrected chi connectivity index (χ4v) is 25.8. The van der Waals surface area contributed by atoms with Gasteiger partial charge in [0.05, 0.1) is 0 Å². The zero-order valence-electron chi connectivity index (χ0n) is 20.3. The molecule has 0 rings (SSSR count). The molecule has 0 N–H and O–H groups in total. The third-order valence-corrected chi connectivity index (χ3v) is 22.0. The van der Waals surface area contributed by atoms with Gasteiger partial charge in [0, 0.05) is 11.8 Å². The summed E-state index contributed by atoms with van der Waals surface area (Å²) in [6.07, 6.45) is 2.04. The molecular formula is C22H48Cl2OSi2. The van der Waals surface area contributed by atoms with Crippen LogP contribution in [0.5, 0.6) is 0 Å². The Morgan fingerprint density at radius 3 is 0.963 bits per heavy atom. The highest BCUT2D eigenvalue weighted by atomic mass is 35.5. The van der Waals surface area contributed by atoms with Gasteiger partial charge in [-0.15, -0.1) is 23.2 Å². The summed E-state index contributed by atoms with van der Waals surface area (Å²) in [5, 5.41) is 0.270. The van der Waals surface area contributed by atoms with Crippen LogP contribution in [-0.4, -0.2) is 28.4 Å². The highest BCUT2D eigenvalue weighted by molar-refractivity contribution is 6.92. The van der Waals surface area contributed by atoms with E-state index in [2.05, 4.69) is 83.1 Å². The van der Waals surface area contributed by atoms with E-state index in [1.54, 1.807) is 0 Å². The van der Waals surface area contributed by atoms with Gasteiger partial charge in [0.25, 0.3) is 0 Å². The molecule has 0 aromatic carbocycles. The molecule has 0 aliphatic carbocycles. The van der Waals surface area contributed by atoms with Crippen molar-refractivity contribution in [1.82, 2.24) is 0 Å². The highest BCUT2D eigenvalue weighted by Gasteiger charge is 2.62. The quantitative estimate of drug-likeness (QED) is 0.210. The minimum absolute atomic E-state index is 0.135. The predicted molar refractivity (Wildman–Crippen MR) is 132 cm³/mol. The van der Waals surface area contributed by atoms with Crippen LogP contribution in [0.1, 0.15) is 95.9 Å². The van der Waals surface area contributed by atoms with Crippen LogP contribution in [0.2, 0.25) is 32.2 Å². The first-order valence-corrected chi connectivity index (χ1v) is 16.1. The second-order valence-corrected chi connectivity index (χ2v) is 23.0. The molecule has 27 heavy (non-hydrogen) atoms. The lowest BCUT2D eigenvalue weighted by Crippen LogP contribution is -2.66.